The highest BCUT2D eigenvalue weighted by atomic mass is 79.9. The van der Waals surface area contributed by atoms with Gasteiger partial charge in [0.2, 0.25) is 5.91 Å². The summed E-state index contributed by atoms with van der Waals surface area (Å²) in [7, 11) is 1.60. The van der Waals surface area contributed by atoms with Crippen LogP contribution >= 0.6 is 39.9 Å². The summed E-state index contributed by atoms with van der Waals surface area (Å²) in [6.07, 6.45) is 7.17. The Labute approximate surface area is 199 Å². The molecular weight excluding hydrogens is 498 g/mol. The highest BCUT2D eigenvalue weighted by Gasteiger charge is 2.32. The van der Waals surface area contributed by atoms with E-state index in [4.69, 9.17) is 17.0 Å². The number of hydrogen-bond donors (Lipinski definition) is 0. The second kappa shape index (κ2) is 9.85. The number of methoxy groups -OCH3 is 1. The van der Waals surface area contributed by atoms with Crippen molar-refractivity contribution < 1.29 is 14.3 Å². The predicted molar refractivity (Wildman–Crippen MR) is 132 cm³/mol. The molecular formula is C22H24BrN3O3S2. The lowest BCUT2D eigenvalue weighted by Crippen LogP contribution is -2.37. The van der Waals surface area contributed by atoms with E-state index in [1.54, 1.807) is 12.0 Å². The van der Waals surface area contributed by atoms with E-state index in [0.29, 0.717) is 28.9 Å². The van der Waals surface area contributed by atoms with Gasteiger partial charge in [0.05, 0.1) is 18.1 Å². The molecule has 0 spiro atoms. The molecule has 2 fully saturated rings. The number of carbonyl (C=O) groups excluding carboxylic acids is 2. The van der Waals surface area contributed by atoms with Gasteiger partial charge in [-0.05, 0) is 43.5 Å². The normalized spacial score (nSPS) is 18.6. The van der Waals surface area contributed by atoms with Crippen LogP contribution in [0.4, 0.5) is 0 Å². The van der Waals surface area contributed by atoms with Gasteiger partial charge < -0.3 is 14.2 Å². The molecule has 31 heavy (non-hydrogen) atoms. The first kappa shape index (κ1) is 22.5. The van der Waals surface area contributed by atoms with E-state index in [2.05, 4.69) is 15.9 Å². The SMILES string of the molecule is COCCN1C(=O)/C(=C/c2cn(CC(=O)N3CCCCC3)c3ccc(Br)cc23)SC1=S. The number of thiocarbonyl (C=S) groups is 1. The van der Waals surface area contributed by atoms with Gasteiger partial charge in [0, 0.05) is 47.3 Å². The molecule has 2 aliphatic rings. The summed E-state index contributed by atoms with van der Waals surface area (Å²) in [5, 5.41) is 0.989. The van der Waals surface area contributed by atoms with Gasteiger partial charge in [-0.3, -0.25) is 14.5 Å². The highest BCUT2D eigenvalue weighted by Crippen LogP contribution is 2.35. The zero-order valence-electron chi connectivity index (χ0n) is 17.3. The number of fused-ring (bicyclic) bond motifs is 1. The molecule has 0 atom stereocenters. The Morgan fingerprint density at radius 2 is 2.06 bits per heavy atom. The quantitative estimate of drug-likeness (QED) is 0.419. The molecule has 3 heterocycles. The Morgan fingerprint density at radius 3 is 2.81 bits per heavy atom. The smallest absolute Gasteiger partial charge is 0.266 e. The second-order valence-corrected chi connectivity index (χ2v) is 10.2. The van der Waals surface area contributed by atoms with Gasteiger partial charge in [0.25, 0.3) is 5.91 Å². The highest BCUT2D eigenvalue weighted by molar-refractivity contribution is 9.10. The van der Waals surface area contributed by atoms with Crippen molar-refractivity contribution in [3.8, 4) is 0 Å². The summed E-state index contributed by atoms with van der Waals surface area (Å²) in [6.45, 7) is 2.84. The number of aromatic nitrogens is 1. The Kier molecular flexibility index (Phi) is 7.15. The number of halogens is 1. The molecule has 6 nitrogen and oxygen atoms in total. The molecule has 0 aliphatic carbocycles. The van der Waals surface area contributed by atoms with Crippen LogP contribution in [-0.2, 0) is 20.9 Å². The lowest BCUT2D eigenvalue weighted by Gasteiger charge is -2.27. The number of piperidine rings is 1. The molecule has 0 N–H and O–H groups in total. The van der Waals surface area contributed by atoms with Crippen molar-refractivity contribution in [2.75, 3.05) is 33.4 Å². The van der Waals surface area contributed by atoms with Crippen LogP contribution in [0.15, 0.2) is 33.8 Å². The average molecular weight is 522 g/mol. The third-order valence-corrected chi connectivity index (χ3v) is 7.44. The second-order valence-electron chi connectivity index (χ2n) is 7.64. The average Bonchev–Trinajstić information content (AvgIpc) is 3.23. The van der Waals surface area contributed by atoms with E-state index in [9.17, 15) is 9.59 Å². The van der Waals surface area contributed by atoms with Gasteiger partial charge >= 0.3 is 0 Å². The summed E-state index contributed by atoms with van der Waals surface area (Å²) in [5.41, 5.74) is 1.87. The van der Waals surface area contributed by atoms with E-state index < -0.39 is 0 Å². The Balaban J connectivity index is 1.64. The standard InChI is InChI=1S/C22H24BrN3O3S2/c1-29-10-9-26-21(28)19(31-22(26)30)11-15-13-25(18-6-5-16(23)12-17(15)18)14-20(27)24-7-3-2-4-8-24/h5-6,11-13H,2-4,7-10,14H2,1H3/b19-11-. The largest absolute Gasteiger partial charge is 0.383 e. The van der Waals surface area contributed by atoms with Gasteiger partial charge in [0.15, 0.2) is 0 Å². The number of nitrogens with zero attached hydrogens (tertiary/aromatic N) is 3. The summed E-state index contributed by atoms with van der Waals surface area (Å²) in [5.74, 6) is 0.0318. The van der Waals surface area contributed by atoms with Crippen molar-refractivity contribution in [3.05, 3.63) is 39.3 Å². The van der Waals surface area contributed by atoms with E-state index in [1.165, 1.54) is 18.2 Å². The molecule has 1 aromatic carbocycles. The lowest BCUT2D eigenvalue weighted by atomic mass is 10.1. The molecule has 4 rings (SSSR count). The third-order valence-electron chi connectivity index (χ3n) is 5.57. The van der Waals surface area contributed by atoms with Crippen LogP contribution in [-0.4, -0.2) is 63.9 Å². The third kappa shape index (κ3) is 4.89. The number of carbonyl (C=O) groups is 2. The fraction of sp³-hybridized carbons (Fsp3) is 0.409. The molecule has 0 saturated carbocycles. The maximum Gasteiger partial charge on any atom is 0.266 e. The minimum Gasteiger partial charge on any atom is -0.383 e. The molecule has 0 radical (unpaired) electrons. The Hall–Kier alpha value is -1.68. The predicted octanol–water partition coefficient (Wildman–Crippen LogP) is 4.26. The first-order valence-corrected chi connectivity index (χ1v) is 12.3. The first-order valence-electron chi connectivity index (χ1n) is 10.3. The van der Waals surface area contributed by atoms with Crippen LogP contribution in [0.5, 0.6) is 0 Å². The van der Waals surface area contributed by atoms with Crippen LogP contribution in [0.1, 0.15) is 24.8 Å². The summed E-state index contributed by atoms with van der Waals surface area (Å²) in [4.78, 5) is 29.8. The van der Waals surface area contributed by atoms with Crippen LogP contribution < -0.4 is 0 Å². The Bertz CT molecular complexity index is 1060. The number of likely N-dealkylation sites (tertiary alicyclic amines) is 1. The van der Waals surface area contributed by atoms with Gasteiger partial charge in [-0.2, -0.15) is 0 Å². The van der Waals surface area contributed by atoms with Crippen LogP contribution in [0, 0.1) is 0 Å². The molecule has 9 heteroatoms. The molecule has 2 saturated heterocycles. The van der Waals surface area contributed by atoms with Gasteiger partial charge in [-0.25, -0.2) is 0 Å². The molecule has 2 aromatic rings. The molecule has 2 amide bonds. The van der Waals surface area contributed by atoms with Gasteiger partial charge in [0.1, 0.15) is 10.9 Å². The number of hydrogen-bond acceptors (Lipinski definition) is 5. The summed E-state index contributed by atoms with van der Waals surface area (Å²) in [6, 6.07) is 6.00. The maximum absolute atomic E-state index is 12.9. The molecule has 0 unspecified atom stereocenters. The number of ether oxygens (including phenoxy) is 1. The molecule has 1 aromatic heterocycles. The number of rotatable bonds is 6. The lowest BCUT2D eigenvalue weighted by molar-refractivity contribution is -0.132. The van der Waals surface area contributed by atoms with Crippen molar-refractivity contribution in [3.63, 3.8) is 0 Å². The first-order chi connectivity index (χ1) is 15.0. The zero-order chi connectivity index (χ0) is 22.0. The molecule has 2 aliphatic heterocycles. The Morgan fingerprint density at radius 1 is 1.29 bits per heavy atom. The van der Waals surface area contributed by atoms with Crippen molar-refractivity contribution in [1.82, 2.24) is 14.4 Å². The molecule has 164 valence electrons. The maximum atomic E-state index is 12.9. The zero-order valence-corrected chi connectivity index (χ0v) is 20.5. The minimum absolute atomic E-state index is 0.104. The number of benzene rings is 1. The van der Waals surface area contributed by atoms with Crippen LogP contribution in [0.3, 0.4) is 0 Å². The number of thioether (sulfide) groups is 1. The van der Waals surface area contributed by atoms with Gasteiger partial charge in [-0.1, -0.05) is 39.9 Å². The van der Waals surface area contributed by atoms with Crippen molar-refractivity contribution in [1.29, 1.82) is 0 Å². The van der Waals surface area contributed by atoms with Crippen molar-refractivity contribution >= 4 is 73.0 Å². The van der Waals surface area contributed by atoms with E-state index in [1.807, 2.05) is 39.9 Å². The monoisotopic (exact) mass is 521 g/mol. The molecule has 0 bridgehead atoms. The van der Waals surface area contributed by atoms with E-state index in [-0.39, 0.29) is 11.8 Å². The number of amides is 2. The summed E-state index contributed by atoms with van der Waals surface area (Å²) >= 11 is 10.2. The topological polar surface area (TPSA) is 54.8 Å². The van der Waals surface area contributed by atoms with Crippen molar-refractivity contribution in [2.24, 2.45) is 0 Å². The minimum atomic E-state index is -0.104. The van der Waals surface area contributed by atoms with Gasteiger partial charge in [-0.15, -0.1) is 0 Å². The fourth-order valence-corrected chi connectivity index (χ4v) is 5.61. The van der Waals surface area contributed by atoms with Crippen LogP contribution in [0.25, 0.3) is 17.0 Å². The van der Waals surface area contributed by atoms with Crippen molar-refractivity contribution in [2.45, 2.75) is 25.8 Å². The van der Waals surface area contributed by atoms with E-state index >= 15 is 0 Å². The summed E-state index contributed by atoms with van der Waals surface area (Å²) < 4.78 is 8.56. The van der Waals surface area contributed by atoms with Crippen LogP contribution in [0.2, 0.25) is 0 Å². The van der Waals surface area contributed by atoms with E-state index in [0.717, 1.165) is 46.9 Å². The fourth-order valence-electron chi connectivity index (χ4n) is 3.95.